The number of hydrogen-bond acceptors (Lipinski definition) is 6. The number of amides is 2. The Labute approximate surface area is 78.0 Å². The summed E-state index contributed by atoms with van der Waals surface area (Å²) in [7, 11) is 0. The van der Waals surface area contributed by atoms with Gasteiger partial charge in [-0.05, 0) is 5.21 Å². The number of tetrazole rings is 1. The van der Waals surface area contributed by atoms with Crippen molar-refractivity contribution in [2.24, 2.45) is 5.73 Å². The minimum absolute atomic E-state index is 0.00107. The number of carbonyl (C=O) groups excluding carboxylic acids is 2. The standard InChI is InChI=1S/C5H8N6O3/c6-5(13)14-2-1-7-4(12)3-8-10-11-9-3/h1-2H2,(H2,6,13)(H,7,12)(H,8,9,10,11). The smallest absolute Gasteiger partial charge is 0.404 e. The molecule has 76 valence electrons. The van der Waals surface area contributed by atoms with Crippen LogP contribution in [0.25, 0.3) is 0 Å². The van der Waals surface area contributed by atoms with E-state index in [2.05, 4.69) is 30.7 Å². The van der Waals surface area contributed by atoms with Crippen LogP contribution in [0.1, 0.15) is 10.6 Å². The Morgan fingerprint density at radius 3 is 2.93 bits per heavy atom. The molecule has 1 aromatic heterocycles. The van der Waals surface area contributed by atoms with Crippen molar-refractivity contribution in [1.82, 2.24) is 25.9 Å². The quantitative estimate of drug-likeness (QED) is 0.482. The average molecular weight is 200 g/mol. The Morgan fingerprint density at radius 2 is 2.36 bits per heavy atom. The molecule has 1 rings (SSSR count). The van der Waals surface area contributed by atoms with Crippen molar-refractivity contribution in [3.63, 3.8) is 0 Å². The van der Waals surface area contributed by atoms with Gasteiger partial charge in [0.1, 0.15) is 6.61 Å². The highest BCUT2D eigenvalue weighted by Gasteiger charge is 2.09. The molecule has 0 fully saturated rings. The topological polar surface area (TPSA) is 136 Å². The summed E-state index contributed by atoms with van der Waals surface area (Å²) in [5.41, 5.74) is 4.69. The molecule has 0 spiro atoms. The summed E-state index contributed by atoms with van der Waals surface area (Å²) in [5, 5.41) is 14.6. The molecule has 14 heavy (non-hydrogen) atoms. The molecule has 9 heteroatoms. The van der Waals surface area contributed by atoms with Gasteiger partial charge in [0.05, 0.1) is 6.54 Å². The van der Waals surface area contributed by atoms with Gasteiger partial charge in [-0.15, -0.1) is 10.2 Å². The fourth-order valence-electron chi connectivity index (χ4n) is 0.653. The molecule has 0 saturated heterocycles. The van der Waals surface area contributed by atoms with E-state index in [9.17, 15) is 9.59 Å². The fourth-order valence-corrected chi connectivity index (χ4v) is 0.653. The summed E-state index contributed by atoms with van der Waals surface area (Å²) < 4.78 is 4.37. The summed E-state index contributed by atoms with van der Waals surface area (Å²) in [5.74, 6) is -0.587. The van der Waals surface area contributed by atoms with Crippen LogP contribution in [-0.2, 0) is 4.74 Å². The third-order valence-corrected chi connectivity index (χ3v) is 1.18. The zero-order valence-electron chi connectivity index (χ0n) is 7.06. The monoisotopic (exact) mass is 200 g/mol. The van der Waals surface area contributed by atoms with Gasteiger partial charge >= 0.3 is 6.09 Å². The van der Waals surface area contributed by atoms with Crippen LogP contribution in [0.5, 0.6) is 0 Å². The fraction of sp³-hybridized carbons (Fsp3) is 0.400. The van der Waals surface area contributed by atoms with Gasteiger partial charge < -0.3 is 15.8 Å². The highest BCUT2D eigenvalue weighted by molar-refractivity contribution is 5.89. The van der Waals surface area contributed by atoms with Crippen molar-refractivity contribution in [2.75, 3.05) is 13.2 Å². The maximum Gasteiger partial charge on any atom is 0.404 e. The molecule has 9 nitrogen and oxygen atoms in total. The first-order valence-electron chi connectivity index (χ1n) is 3.64. The number of nitrogens with zero attached hydrogens (tertiary/aromatic N) is 3. The number of hydrogen-bond donors (Lipinski definition) is 3. The van der Waals surface area contributed by atoms with Gasteiger partial charge in [-0.2, -0.15) is 5.21 Å². The van der Waals surface area contributed by atoms with Gasteiger partial charge in [-0.25, -0.2) is 4.79 Å². The molecule has 0 radical (unpaired) electrons. The molecule has 0 aromatic carbocycles. The van der Waals surface area contributed by atoms with E-state index in [0.29, 0.717) is 0 Å². The van der Waals surface area contributed by atoms with Crippen LogP contribution in [0.2, 0.25) is 0 Å². The maximum absolute atomic E-state index is 11.1. The van der Waals surface area contributed by atoms with Crippen molar-refractivity contribution in [2.45, 2.75) is 0 Å². The van der Waals surface area contributed by atoms with E-state index in [4.69, 9.17) is 5.73 Å². The number of nitrogens with two attached hydrogens (primary N) is 1. The first-order chi connectivity index (χ1) is 6.70. The second kappa shape index (κ2) is 4.74. The third-order valence-electron chi connectivity index (χ3n) is 1.18. The molecule has 1 heterocycles. The van der Waals surface area contributed by atoms with Gasteiger partial charge in [-0.3, -0.25) is 4.79 Å². The van der Waals surface area contributed by atoms with Crippen LogP contribution < -0.4 is 11.1 Å². The second-order valence-electron chi connectivity index (χ2n) is 2.16. The van der Waals surface area contributed by atoms with Crippen molar-refractivity contribution >= 4 is 12.0 Å². The number of H-pyrrole nitrogens is 1. The number of nitrogens with one attached hydrogen (secondary N) is 2. The van der Waals surface area contributed by atoms with Crippen LogP contribution in [0.4, 0.5) is 4.79 Å². The highest BCUT2D eigenvalue weighted by atomic mass is 16.5. The molecule has 0 unspecified atom stereocenters. The molecular weight excluding hydrogens is 192 g/mol. The number of ether oxygens (including phenoxy) is 1. The van der Waals surface area contributed by atoms with Crippen molar-refractivity contribution in [3.8, 4) is 0 Å². The third kappa shape index (κ3) is 3.05. The molecule has 0 saturated carbocycles. The minimum atomic E-state index is -0.890. The normalized spacial score (nSPS) is 9.43. The van der Waals surface area contributed by atoms with E-state index in [0.717, 1.165) is 0 Å². The maximum atomic E-state index is 11.1. The predicted molar refractivity (Wildman–Crippen MR) is 42.0 cm³/mol. The number of aromatic nitrogens is 4. The molecule has 0 bridgehead atoms. The Morgan fingerprint density at radius 1 is 1.57 bits per heavy atom. The summed E-state index contributed by atoms with van der Waals surface area (Å²) in [4.78, 5) is 21.2. The van der Waals surface area contributed by atoms with Gasteiger partial charge in [0, 0.05) is 0 Å². The first kappa shape index (κ1) is 9.89. The van der Waals surface area contributed by atoms with Crippen LogP contribution in [0, 0.1) is 0 Å². The summed E-state index contributed by atoms with van der Waals surface area (Å²) in [6.45, 7) is 0.134. The van der Waals surface area contributed by atoms with E-state index in [1.54, 1.807) is 0 Å². The Bertz CT molecular complexity index is 309. The SMILES string of the molecule is NC(=O)OCCNC(=O)c1nn[nH]n1. The number of aromatic amines is 1. The van der Waals surface area contributed by atoms with Crippen LogP contribution in [0.15, 0.2) is 0 Å². The van der Waals surface area contributed by atoms with Crippen molar-refractivity contribution in [1.29, 1.82) is 0 Å². The van der Waals surface area contributed by atoms with Crippen LogP contribution >= 0.6 is 0 Å². The molecule has 0 aliphatic rings. The summed E-state index contributed by atoms with van der Waals surface area (Å²) in [6, 6.07) is 0. The number of carbonyl (C=O) groups is 2. The largest absolute Gasteiger partial charge is 0.448 e. The van der Waals surface area contributed by atoms with E-state index in [1.807, 2.05) is 0 Å². The predicted octanol–water partition coefficient (Wildman–Crippen LogP) is -1.98. The van der Waals surface area contributed by atoms with E-state index >= 15 is 0 Å². The van der Waals surface area contributed by atoms with Gasteiger partial charge in [0.25, 0.3) is 11.7 Å². The van der Waals surface area contributed by atoms with E-state index in [-0.39, 0.29) is 19.0 Å². The second-order valence-corrected chi connectivity index (χ2v) is 2.16. The lowest BCUT2D eigenvalue weighted by Gasteiger charge is -2.01. The molecule has 1 aromatic rings. The van der Waals surface area contributed by atoms with Crippen LogP contribution in [-0.4, -0.2) is 45.8 Å². The Kier molecular flexibility index (Phi) is 3.35. The van der Waals surface area contributed by atoms with Gasteiger partial charge in [0.2, 0.25) is 0 Å². The van der Waals surface area contributed by atoms with E-state index in [1.165, 1.54) is 0 Å². The van der Waals surface area contributed by atoms with Gasteiger partial charge in [-0.1, -0.05) is 0 Å². The van der Waals surface area contributed by atoms with Crippen molar-refractivity contribution in [3.05, 3.63) is 5.82 Å². The lowest BCUT2D eigenvalue weighted by atomic mass is 10.5. The molecular formula is C5H8N6O3. The molecule has 4 N–H and O–H groups in total. The Hall–Kier alpha value is -2.19. The Balaban J connectivity index is 2.19. The minimum Gasteiger partial charge on any atom is -0.448 e. The number of rotatable bonds is 4. The highest BCUT2D eigenvalue weighted by Crippen LogP contribution is 1.81. The molecule has 2 amide bonds. The van der Waals surface area contributed by atoms with Crippen LogP contribution in [0.3, 0.4) is 0 Å². The lowest BCUT2D eigenvalue weighted by molar-refractivity contribution is 0.0926. The number of primary amides is 1. The lowest BCUT2D eigenvalue weighted by Crippen LogP contribution is -2.29. The zero-order chi connectivity index (χ0) is 10.4. The summed E-state index contributed by atoms with van der Waals surface area (Å²) >= 11 is 0. The average Bonchev–Trinajstić information content (AvgIpc) is 2.64. The van der Waals surface area contributed by atoms with E-state index < -0.39 is 12.0 Å². The molecule has 0 atom stereocenters. The van der Waals surface area contributed by atoms with Gasteiger partial charge in [0.15, 0.2) is 0 Å². The zero-order valence-corrected chi connectivity index (χ0v) is 7.06. The first-order valence-corrected chi connectivity index (χ1v) is 3.64. The summed E-state index contributed by atoms with van der Waals surface area (Å²) in [6.07, 6.45) is -0.890. The molecule has 0 aliphatic carbocycles. The molecule has 0 aliphatic heterocycles. The van der Waals surface area contributed by atoms with Crippen molar-refractivity contribution < 1.29 is 14.3 Å².